The molecule has 1 heterocycles. The Morgan fingerprint density at radius 2 is 2.33 bits per heavy atom. The van der Waals surface area contributed by atoms with E-state index in [9.17, 15) is 4.79 Å². The number of hydrogen-bond donors (Lipinski definition) is 3. The molecule has 0 aliphatic heterocycles. The number of hydrazine groups is 1. The third-order valence-electron chi connectivity index (χ3n) is 4.09. The summed E-state index contributed by atoms with van der Waals surface area (Å²) in [7, 11) is 0. The van der Waals surface area contributed by atoms with Crippen molar-refractivity contribution in [3.05, 3.63) is 22.3 Å². The number of nitrogens with one attached hydrogen (secondary N) is 2. The van der Waals surface area contributed by atoms with Crippen LogP contribution >= 0.6 is 15.9 Å². The van der Waals surface area contributed by atoms with Gasteiger partial charge in [0.25, 0.3) is 5.91 Å². The molecule has 0 radical (unpaired) electrons. The van der Waals surface area contributed by atoms with Gasteiger partial charge in [-0.3, -0.25) is 4.79 Å². The molecule has 1 aliphatic carbocycles. The minimum atomic E-state index is -0.190. The predicted molar refractivity (Wildman–Crippen MR) is 84.8 cm³/mol. The number of pyridine rings is 1. The summed E-state index contributed by atoms with van der Waals surface area (Å²) in [6, 6.07) is 1.77. The molecule has 1 aromatic heterocycles. The van der Waals surface area contributed by atoms with Crippen molar-refractivity contribution >= 4 is 27.7 Å². The molecular weight excluding hydrogens is 336 g/mol. The summed E-state index contributed by atoms with van der Waals surface area (Å²) in [5.41, 5.74) is 2.78. The van der Waals surface area contributed by atoms with Gasteiger partial charge in [0.05, 0.1) is 11.7 Å². The Labute approximate surface area is 132 Å². The van der Waals surface area contributed by atoms with Crippen LogP contribution in [0.2, 0.25) is 0 Å². The summed E-state index contributed by atoms with van der Waals surface area (Å²) in [4.78, 5) is 16.5. The standard InChI is InChI=1S/C14H21BrN4O2/c1-4-21-11-6-10(14(11,2)3)18-13(20)9-5-8(15)7-17-12(9)19-16/h5,7,10-11H,4,6,16H2,1-3H3,(H,17,19)(H,18,20). The first-order valence-electron chi connectivity index (χ1n) is 6.94. The van der Waals surface area contributed by atoms with Crippen molar-refractivity contribution in [2.75, 3.05) is 12.0 Å². The lowest BCUT2D eigenvalue weighted by atomic mass is 9.64. The number of nitrogens with zero attached hydrogens (tertiary/aromatic N) is 1. The van der Waals surface area contributed by atoms with Crippen molar-refractivity contribution in [3.8, 4) is 0 Å². The molecule has 1 aromatic rings. The maximum atomic E-state index is 12.4. The molecule has 1 amide bonds. The predicted octanol–water partition coefficient (Wildman–Crippen LogP) is 2.06. The van der Waals surface area contributed by atoms with E-state index in [0.29, 0.717) is 18.0 Å². The molecule has 0 saturated heterocycles. The molecule has 116 valence electrons. The van der Waals surface area contributed by atoms with Gasteiger partial charge in [-0.1, -0.05) is 13.8 Å². The first kappa shape index (κ1) is 16.2. The zero-order chi connectivity index (χ0) is 15.6. The Hall–Kier alpha value is -1.18. The molecule has 21 heavy (non-hydrogen) atoms. The highest BCUT2D eigenvalue weighted by Crippen LogP contribution is 2.42. The van der Waals surface area contributed by atoms with Crippen LogP contribution in [0.4, 0.5) is 5.82 Å². The van der Waals surface area contributed by atoms with Crippen LogP contribution in [0.15, 0.2) is 16.7 Å². The van der Waals surface area contributed by atoms with Crippen LogP contribution in [0.3, 0.4) is 0 Å². The average Bonchev–Trinajstić information content (AvgIpc) is 2.46. The van der Waals surface area contributed by atoms with Crippen LogP contribution in [0, 0.1) is 5.41 Å². The number of halogens is 1. The third kappa shape index (κ3) is 3.20. The van der Waals surface area contributed by atoms with Gasteiger partial charge in [-0.15, -0.1) is 0 Å². The third-order valence-corrected chi connectivity index (χ3v) is 4.52. The van der Waals surface area contributed by atoms with E-state index >= 15 is 0 Å². The SMILES string of the molecule is CCOC1CC(NC(=O)c2cc(Br)cnc2NN)C1(C)C. The number of hydrogen-bond acceptors (Lipinski definition) is 5. The molecule has 0 spiro atoms. The maximum Gasteiger partial charge on any atom is 0.255 e. The Kier molecular flexibility index (Phi) is 4.85. The van der Waals surface area contributed by atoms with E-state index in [1.165, 1.54) is 0 Å². The molecule has 7 heteroatoms. The molecule has 2 atom stereocenters. The van der Waals surface area contributed by atoms with Gasteiger partial charge in [-0.25, -0.2) is 10.8 Å². The molecule has 1 aliphatic rings. The van der Waals surface area contributed by atoms with E-state index in [0.717, 1.165) is 10.9 Å². The lowest BCUT2D eigenvalue weighted by Gasteiger charge is -2.51. The average molecular weight is 357 g/mol. The van der Waals surface area contributed by atoms with E-state index in [4.69, 9.17) is 10.6 Å². The van der Waals surface area contributed by atoms with Crippen LogP contribution < -0.4 is 16.6 Å². The number of nitrogen functional groups attached to an aromatic ring is 1. The topological polar surface area (TPSA) is 89.3 Å². The molecule has 1 saturated carbocycles. The van der Waals surface area contributed by atoms with Crippen LogP contribution in [0.1, 0.15) is 37.6 Å². The van der Waals surface area contributed by atoms with Gasteiger partial charge in [0, 0.05) is 28.7 Å². The molecular formula is C14H21BrN4O2. The van der Waals surface area contributed by atoms with Gasteiger partial charge in [0.2, 0.25) is 0 Å². The Morgan fingerprint density at radius 1 is 1.62 bits per heavy atom. The number of amides is 1. The molecule has 2 unspecified atom stereocenters. The zero-order valence-corrected chi connectivity index (χ0v) is 14.0. The number of ether oxygens (including phenoxy) is 1. The first-order valence-corrected chi connectivity index (χ1v) is 7.74. The zero-order valence-electron chi connectivity index (χ0n) is 12.4. The summed E-state index contributed by atoms with van der Waals surface area (Å²) >= 11 is 3.31. The van der Waals surface area contributed by atoms with Crippen molar-refractivity contribution < 1.29 is 9.53 Å². The maximum absolute atomic E-state index is 12.4. The lowest BCUT2D eigenvalue weighted by Crippen LogP contribution is -2.62. The smallest absolute Gasteiger partial charge is 0.255 e. The van der Waals surface area contributed by atoms with Gasteiger partial charge in [0.1, 0.15) is 0 Å². The van der Waals surface area contributed by atoms with Gasteiger partial charge >= 0.3 is 0 Å². The van der Waals surface area contributed by atoms with Gasteiger partial charge < -0.3 is 15.5 Å². The van der Waals surface area contributed by atoms with Crippen molar-refractivity contribution in [2.45, 2.75) is 39.3 Å². The van der Waals surface area contributed by atoms with E-state index in [1.807, 2.05) is 6.92 Å². The number of rotatable bonds is 5. The second-order valence-electron chi connectivity index (χ2n) is 5.72. The van der Waals surface area contributed by atoms with Crippen molar-refractivity contribution in [1.29, 1.82) is 0 Å². The summed E-state index contributed by atoms with van der Waals surface area (Å²) in [6.45, 7) is 6.87. The van der Waals surface area contributed by atoms with Gasteiger partial charge in [-0.2, -0.15) is 0 Å². The van der Waals surface area contributed by atoms with Crippen molar-refractivity contribution in [1.82, 2.24) is 10.3 Å². The van der Waals surface area contributed by atoms with Gasteiger partial charge in [-0.05, 0) is 35.3 Å². The molecule has 6 nitrogen and oxygen atoms in total. The Balaban J connectivity index is 2.08. The molecule has 2 rings (SSSR count). The highest BCUT2D eigenvalue weighted by molar-refractivity contribution is 9.10. The Morgan fingerprint density at radius 3 is 2.90 bits per heavy atom. The van der Waals surface area contributed by atoms with Crippen LogP contribution in [0.25, 0.3) is 0 Å². The highest BCUT2D eigenvalue weighted by atomic mass is 79.9. The fourth-order valence-corrected chi connectivity index (χ4v) is 2.91. The minimum Gasteiger partial charge on any atom is -0.378 e. The fourth-order valence-electron chi connectivity index (χ4n) is 2.58. The van der Waals surface area contributed by atoms with Crippen LogP contribution in [0.5, 0.6) is 0 Å². The number of anilines is 1. The first-order chi connectivity index (χ1) is 9.90. The number of carbonyl (C=O) groups is 1. The quantitative estimate of drug-likeness (QED) is 0.555. The highest BCUT2D eigenvalue weighted by Gasteiger charge is 2.49. The Bertz CT molecular complexity index is 536. The van der Waals surface area contributed by atoms with Crippen LogP contribution in [-0.2, 0) is 4.74 Å². The number of nitrogens with two attached hydrogens (primary N) is 1. The normalized spacial score (nSPS) is 23.3. The summed E-state index contributed by atoms with van der Waals surface area (Å²) in [5, 5.41) is 3.04. The summed E-state index contributed by atoms with van der Waals surface area (Å²) in [5.74, 6) is 5.57. The van der Waals surface area contributed by atoms with Gasteiger partial charge in [0.15, 0.2) is 5.82 Å². The number of aromatic nitrogens is 1. The fraction of sp³-hybridized carbons (Fsp3) is 0.571. The molecule has 4 N–H and O–H groups in total. The van der Waals surface area contributed by atoms with Crippen LogP contribution in [-0.4, -0.2) is 29.6 Å². The summed E-state index contributed by atoms with van der Waals surface area (Å²) in [6.07, 6.45) is 2.59. The molecule has 1 fully saturated rings. The van der Waals surface area contributed by atoms with Crippen molar-refractivity contribution in [2.24, 2.45) is 11.3 Å². The lowest BCUT2D eigenvalue weighted by molar-refractivity contribution is -0.111. The minimum absolute atomic E-state index is 0.0751. The summed E-state index contributed by atoms with van der Waals surface area (Å²) < 4.78 is 6.40. The molecule has 0 aromatic carbocycles. The second-order valence-corrected chi connectivity index (χ2v) is 6.64. The monoisotopic (exact) mass is 356 g/mol. The molecule has 0 bridgehead atoms. The van der Waals surface area contributed by atoms with E-state index in [1.54, 1.807) is 12.3 Å². The van der Waals surface area contributed by atoms with E-state index in [-0.39, 0.29) is 23.5 Å². The van der Waals surface area contributed by atoms with Crippen molar-refractivity contribution in [3.63, 3.8) is 0 Å². The number of carbonyl (C=O) groups excluding carboxylic acids is 1. The van der Waals surface area contributed by atoms with E-state index < -0.39 is 0 Å². The van der Waals surface area contributed by atoms with E-state index in [2.05, 4.69) is 45.5 Å². The largest absolute Gasteiger partial charge is 0.378 e. The second kappa shape index (κ2) is 6.29.